The van der Waals surface area contributed by atoms with Gasteiger partial charge in [-0.05, 0) is 26.2 Å². The summed E-state index contributed by atoms with van der Waals surface area (Å²) in [5.41, 5.74) is 1.21. The molecule has 6 nitrogen and oxygen atoms in total. The minimum Gasteiger partial charge on any atom is -0.353 e. The molecule has 1 saturated heterocycles. The molecular formula is C16H22N4O2. The number of hydrogen-bond donors (Lipinski definition) is 1. The first-order chi connectivity index (χ1) is 10.6. The van der Waals surface area contributed by atoms with Crippen LogP contribution in [0.5, 0.6) is 0 Å². The van der Waals surface area contributed by atoms with E-state index in [1.165, 1.54) is 19.2 Å². The van der Waals surface area contributed by atoms with Crippen LogP contribution in [0.4, 0.5) is 0 Å². The number of hydrogen-bond acceptors (Lipinski definition) is 4. The van der Waals surface area contributed by atoms with Crippen LogP contribution in [-0.2, 0) is 4.79 Å². The average molecular weight is 302 g/mol. The van der Waals surface area contributed by atoms with Crippen LogP contribution < -0.4 is 5.32 Å². The monoisotopic (exact) mass is 302 g/mol. The lowest BCUT2D eigenvalue weighted by molar-refractivity contribution is -0.125. The number of rotatable bonds is 3. The van der Waals surface area contributed by atoms with Crippen LogP contribution in [0.15, 0.2) is 12.5 Å². The Hall–Kier alpha value is -1.98. The first kappa shape index (κ1) is 14.9. The number of carbonyl (C=O) groups excluding carboxylic acids is 2. The molecule has 2 fully saturated rings. The number of amides is 2. The molecule has 1 aliphatic heterocycles. The van der Waals surface area contributed by atoms with E-state index in [0.717, 1.165) is 19.3 Å². The third-order valence-electron chi connectivity index (χ3n) is 4.69. The van der Waals surface area contributed by atoms with Crippen LogP contribution in [0.2, 0.25) is 0 Å². The minimum absolute atomic E-state index is 0.0748. The van der Waals surface area contributed by atoms with Gasteiger partial charge in [0.05, 0.1) is 17.2 Å². The van der Waals surface area contributed by atoms with Crippen molar-refractivity contribution in [3.05, 3.63) is 23.8 Å². The maximum absolute atomic E-state index is 12.5. The zero-order valence-corrected chi connectivity index (χ0v) is 12.9. The van der Waals surface area contributed by atoms with Gasteiger partial charge in [-0.15, -0.1) is 0 Å². The lowest BCUT2D eigenvalue weighted by Crippen LogP contribution is -2.39. The van der Waals surface area contributed by atoms with E-state index in [9.17, 15) is 9.59 Å². The molecule has 0 spiro atoms. The highest BCUT2D eigenvalue weighted by Crippen LogP contribution is 2.22. The van der Waals surface area contributed by atoms with Gasteiger partial charge in [0.1, 0.15) is 6.33 Å². The van der Waals surface area contributed by atoms with E-state index in [0.29, 0.717) is 30.4 Å². The highest BCUT2D eigenvalue weighted by molar-refractivity contribution is 5.95. The van der Waals surface area contributed by atoms with Gasteiger partial charge in [0.2, 0.25) is 5.91 Å². The quantitative estimate of drug-likeness (QED) is 0.913. The maximum Gasteiger partial charge on any atom is 0.257 e. The molecule has 118 valence electrons. The summed E-state index contributed by atoms with van der Waals surface area (Å²) in [5.74, 6) is -0.0630. The van der Waals surface area contributed by atoms with Gasteiger partial charge in [-0.25, -0.2) is 9.97 Å². The van der Waals surface area contributed by atoms with Gasteiger partial charge < -0.3 is 10.2 Å². The number of nitrogens with zero attached hydrogens (tertiary/aromatic N) is 3. The molecule has 6 heteroatoms. The van der Waals surface area contributed by atoms with Crippen molar-refractivity contribution in [1.29, 1.82) is 0 Å². The van der Waals surface area contributed by atoms with Gasteiger partial charge in [0.25, 0.3) is 5.91 Å². The molecule has 0 aromatic carbocycles. The third-order valence-corrected chi connectivity index (χ3v) is 4.69. The summed E-state index contributed by atoms with van der Waals surface area (Å²) < 4.78 is 0. The Bertz CT molecular complexity index is 569. The zero-order chi connectivity index (χ0) is 15.5. The predicted octanol–water partition coefficient (Wildman–Crippen LogP) is 1.31. The second-order valence-electron chi connectivity index (χ2n) is 6.25. The van der Waals surface area contributed by atoms with E-state index >= 15 is 0 Å². The first-order valence-corrected chi connectivity index (χ1v) is 8.01. The molecule has 22 heavy (non-hydrogen) atoms. The maximum atomic E-state index is 12.5. The normalized spacial score (nSPS) is 22.0. The largest absolute Gasteiger partial charge is 0.353 e. The number of nitrogens with one attached hydrogen (secondary N) is 1. The summed E-state index contributed by atoms with van der Waals surface area (Å²) in [4.78, 5) is 34.5. The average Bonchev–Trinajstić information content (AvgIpc) is 3.18. The Morgan fingerprint density at radius 2 is 2.05 bits per heavy atom. The summed E-state index contributed by atoms with van der Waals surface area (Å²) in [5, 5.41) is 3.13. The summed E-state index contributed by atoms with van der Waals surface area (Å²) >= 11 is 0. The zero-order valence-electron chi connectivity index (χ0n) is 12.9. The van der Waals surface area contributed by atoms with Crippen molar-refractivity contribution in [2.45, 2.75) is 45.1 Å². The Balaban J connectivity index is 1.58. The Kier molecular flexibility index (Phi) is 4.36. The highest BCUT2D eigenvalue weighted by Gasteiger charge is 2.33. The molecule has 3 rings (SSSR count). The van der Waals surface area contributed by atoms with Gasteiger partial charge in [-0.1, -0.05) is 12.8 Å². The number of likely N-dealkylation sites (tertiary alicyclic amines) is 1. The van der Waals surface area contributed by atoms with Crippen molar-refractivity contribution in [2.75, 3.05) is 13.1 Å². The third kappa shape index (κ3) is 3.10. The van der Waals surface area contributed by atoms with Crippen molar-refractivity contribution in [2.24, 2.45) is 5.92 Å². The molecule has 2 amide bonds. The predicted molar refractivity (Wildman–Crippen MR) is 81.2 cm³/mol. The molecule has 1 aromatic rings. The van der Waals surface area contributed by atoms with Crippen LogP contribution >= 0.6 is 0 Å². The van der Waals surface area contributed by atoms with Crippen molar-refractivity contribution in [1.82, 2.24) is 20.2 Å². The highest BCUT2D eigenvalue weighted by atomic mass is 16.2. The van der Waals surface area contributed by atoms with Crippen LogP contribution in [0, 0.1) is 12.8 Å². The fourth-order valence-corrected chi connectivity index (χ4v) is 3.32. The molecule has 1 atom stereocenters. The molecule has 0 radical (unpaired) electrons. The number of carbonyl (C=O) groups is 2. The van der Waals surface area contributed by atoms with Crippen molar-refractivity contribution >= 4 is 11.8 Å². The molecule has 0 bridgehead atoms. The van der Waals surface area contributed by atoms with E-state index in [4.69, 9.17) is 0 Å². The van der Waals surface area contributed by atoms with Gasteiger partial charge in [-0.3, -0.25) is 9.59 Å². The second-order valence-corrected chi connectivity index (χ2v) is 6.25. The van der Waals surface area contributed by atoms with Crippen molar-refractivity contribution in [3.63, 3.8) is 0 Å². The minimum atomic E-state index is -0.0884. The molecular weight excluding hydrogens is 280 g/mol. The first-order valence-electron chi connectivity index (χ1n) is 8.01. The summed E-state index contributed by atoms with van der Waals surface area (Å²) in [6.45, 7) is 2.91. The topological polar surface area (TPSA) is 75.2 Å². The molecule has 1 aromatic heterocycles. The van der Waals surface area contributed by atoms with Crippen molar-refractivity contribution < 1.29 is 9.59 Å². The summed E-state index contributed by atoms with van der Waals surface area (Å²) in [6, 6.07) is 0.335. The molecule has 1 saturated carbocycles. The molecule has 1 N–H and O–H groups in total. The van der Waals surface area contributed by atoms with E-state index in [2.05, 4.69) is 15.3 Å². The van der Waals surface area contributed by atoms with E-state index in [1.807, 2.05) is 0 Å². The smallest absolute Gasteiger partial charge is 0.257 e. The van der Waals surface area contributed by atoms with Gasteiger partial charge in [0, 0.05) is 25.3 Å². The van der Waals surface area contributed by atoms with E-state index in [1.54, 1.807) is 18.0 Å². The van der Waals surface area contributed by atoms with E-state index in [-0.39, 0.29) is 17.7 Å². The van der Waals surface area contributed by atoms with Gasteiger partial charge >= 0.3 is 0 Å². The fraction of sp³-hybridized carbons (Fsp3) is 0.625. The standard InChI is InChI=1S/C16H22N4O2/c1-11-14(8-17-10-18-11)16(22)20-7-6-12(9-20)15(21)19-13-4-2-3-5-13/h8,10,12-13H,2-7,9H2,1H3,(H,19,21)/t12-/m0/s1. The van der Waals surface area contributed by atoms with E-state index < -0.39 is 0 Å². The molecule has 2 aliphatic rings. The molecule has 0 unspecified atom stereocenters. The summed E-state index contributed by atoms with van der Waals surface area (Å²) in [6.07, 6.45) is 8.30. The Morgan fingerprint density at radius 3 is 2.77 bits per heavy atom. The molecule has 1 aliphatic carbocycles. The second kappa shape index (κ2) is 6.42. The van der Waals surface area contributed by atoms with Crippen LogP contribution in [-0.4, -0.2) is 45.8 Å². The SMILES string of the molecule is Cc1ncncc1C(=O)N1CC[C@H](C(=O)NC2CCCC2)C1. The molecule has 2 heterocycles. The Morgan fingerprint density at radius 1 is 1.27 bits per heavy atom. The van der Waals surface area contributed by atoms with Crippen LogP contribution in [0.25, 0.3) is 0 Å². The lowest BCUT2D eigenvalue weighted by atomic mass is 10.1. The fourth-order valence-electron chi connectivity index (χ4n) is 3.32. The van der Waals surface area contributed by atoms with Crippen molar-refractivity contribution in [3.8, 4) is 0 Å². The number of aromatic nitrogens is 2. The van der Waals surface area contributed by atoms with Gasteiger partial charge in [-0.2, -0.15) is 0 Å². The lowest BCUT2D eigenvalue weighted by Gasteiger charge is -2.18. The number of aryl methyl sites for hydroxylation is 1. The van der Waals surface area contributed by atoms with Crippen LogP contribution in [0.3, 0.4) is 0 Å². The Labute approximate surface area is 130 Å². The van der Waals surface area contributed by atoms with Crippen LogP contribution in [0.1, 0.15) is 48.2 Å². The van der Waals surface area contributed by atoms with Gasteiger partial charge in [0.15, 0.2) is 0 Å². The summed E-state index contributed by atoms with van der Waals surface area (Å²) in [7, 11) is 0.